The Morgan fingerprint density at radius 1 is 0.415 bits per heavy atom. The summed E-state index contributed by atoms with van der Waals surface area (Å²) in [6, 6.07) is 58.5. The molecule has 0 saturated carbocycles. The molecule has 0 N–H and O–H groups in total. The maximum atomic E-state index is 5.23. The molecule has 0 amide bonds. The van der Waals surface area contributed by atoms with Crippen molar-refractivity contribution in [2.45, 2.75) is 26.2 Å². The van der Waals surface area contributed by atoms with E-state index in [1.165, 1.54) is 27.4 Å². The number of fused-ring (bicyclic) bond motifs is 14. The predicted molar refractivity (Wildman–Crippen MR) is 223 cm³/mol. The van der Waals surface area contributed by atoms with Crippen molar-refractivity contribution in [3.05, 3.63) is 169 Å². The summed E-state index contributed by atoms with van der Waals surface area (Å²) in [5.41, 5.74) is 9.36. The van der Waals surface area contributed by atoms with E-state index in [4.69, 9.17) is 15.0 Å². The first-order chi connectivity index (χ1) is 25.9. The zero-order valence-corrected chi connectivity index (χ0v) is 29.9. The van der Waals surface area contributed by atoms with E-state index < -0.39 is 0 Å². The normalized spacial score (nSPS) is 12.1. The summed E-state index contributed by atoms with van der Waals surface area (Å²) in [5.74, 6) is 0.650. The number of benzene rings is 7. The van der Waals surface area contributed by atoms with E-state index in [0.717, 1.165) is 54.6 Å². The first-order valence-electron chi connectivity index (χ1n) is 18.2. The van der Waals surface area contributed by atoms with Gasteiger partial charge in [-0.05, 0) is 74.7 Å². The highest BCUT2D eigenvalue weighted by Crippen LogP contribution is 2.41. The van der Waals surface area contributed by atoms with Crippen LogP contribution in [0.1, 0.15) is 26.3 Å². The Balaban J connectivity index is 1.38. The lowest BCUT2D eigenvalue weighted by Gasteiger charge is -2.19. The summed E-state index contributed by atoms with van der Waals surface area (Å²) in [6.07, 6.45) is 0. The number of nitrogens with zero attached hydrogens (tertiary/aromatic N) is 4. The van der Waals surface area contributed by atoms with E-state index >= 15 is 0 Å². The van der Waals surface area contributed by atoms with Crippen LogP contribution in [0.5, 0.6) is 0 Å². The molecule has 0 fully saturated rings. The Kier molecular flexibility index (Phi) is 7.02. The summed E-state index contributed by atoms with van der Waals surface area (Å²) >= 11 is 0. The van der Waals surface area contributed by atoms with Gasteiger partial charge in [-0.2, -0.15) is 0 Å². The molecule has 0 unspecified atom stereocenters. The molecule has 3 heterocycles. The molecular weight excluding hydrogens is 645 g/mol. The third-order valence-corrected chi connectivity index (χ3v) is 10.6. The van der Waals surface area contributed by atoms with Crippen molar-refractivity contribution in [1.82, 2.24) is 19.5 Å². The third kappa shape index (κ3) is 5.17. The molecule has 0 aliphatic carbocycles. The molecule has 252 valence electrons. The van der Waals surface area contributed by atoms with Gasteiger partial charge in [0.1, 0.15) is 0 Å². The van der Waals surface area contributed by atoms with E-state index in [9.17, 15) is 0 Å². The number of hydrogen-bond donors (Lipinski definition) is 0. The van der Waals surface area contributed by atoms with Crippen LogP contribution in [0.3, 0.4) is 0 Å². The van der Waals surface area contributed by atoms with Gasteiger partial charge >= 0.3 is 0 Å². The lowest BCUT2D eigenvalue weighted by atomic mass is 9.86. The maximum absolute atomic E-state index is 5.23. The van der Waals surface area contributed by atoms with Gasteiger partial charge in [-0.3, -0.25) is 0 Å². The van der Waals surface area contributed by atoms with Crippen LogP contribution in [0.2, 0.25) is 0 Å². The van der Waals surface area contributed by atoms with Crippen molar-refractivity contribution in [2.24, 2.45) is 0 Å². The standard InChI is InChI=1S/C49H36N4/c1-49(2,3)35-26-27-44-41(30-35)43-29-34-28-42(45(43)53(44)36-16-8-5-9-17-36)38-19-11-13-21-40(38)48-51-46(50-47(52-48)39-20-12-10-18-37(34)39)33-24-22-32(23-25-33)31-14-6-4-7-15-31/h4-30H,1-3H3. The summed E-state index contributed by atoms with van der Waals surface area (Å²) in [5, 5.41) is 8.83. The zero-order chi connectivity index (χ0) is 35.7. The molecular formula is C49H36N4. The fourth-order valence-corrected chi connectivity index (χ4v) is 7.85. The van der Waals surface area contributed by atoms with E-state index in [1.807, 2.05) is 6.07 Å². The molecule has 10 rings (SSSR count). The second-order valence-corrected chi connectivity index (χ2v) is 14.9. The molecule has 4 bridgehead atoms. The summed E-state index contributed by atoms with van der Waals surface area (Å²) < 4.78 is 2.43. The van der Waals surface area contributed by atoms with Crippen molar-refractivity contribution in [3.63, 3.8) is 0 Å². The highest BCUT2D eigenvalue weighted by atomic mass is 15.0. The van der Waals surface area contributed by atoms with E-state index in [0.29, 0.717) is 17.1 Å². The van der Waals surface area contributed by atoms with Crippen LogP contribution in [0, 0.1) is 0 Å². The molecule has 0 atom stereocenters. The molecule has 4 nitrogen and oxygen atoms in total. The van der Waals surface area contributed by atoms with Gasteiger partial charge in [-0.15, -0.1) is 0 Å². The van der Waals surface area contributed by atoms with Gasteiger partial charge in [-0.25, -0.2) is 15.0 Å². The smallest absolute Gasteiger partial charge is 0.164 e. The van der Waals surface area contributed by atoms with Gasteiger partial charge in [0.2, 0.25) is 0 Å². The number of aromatic nitrogens is 4. The van der Waals surface area contributed by atoms with Gasteiger partial charge < -0.3 is 4.57 Å². The van der Waals surface area contributed by atoms with E-state index in [1.54, 1.807) is 0 Å². The highest BCUT2D eigenvalue weighted by molar-refractivity contribution is 6.24. The molecule has 0 radical (unpaired) electrons. The fourth-order valence-electron chi connectivity index (χ4n) is 7.85. The largest absolute Gasteiger partial charge is 0.309 e. The first-order valence-corrected chi connectivity index (χ1v) is 18.2. The first kappa shape index (κ1) is 31.1. The SMILES string of the molecule is CC(C)(C)c1ccc2c(c1)c1cc3cc(c4ccccc4c4nc(-c5ccc(-c6ccccc6)cc5)nc(n4)c4ccccc34)c1n2-c1ccccc1. The molecule has 0 saturated heterocycles. The average Bonchev–Trinajstić information content (AvgIpc) is 3.54. The second-order valence-electron chi connectivity index (χ2n) is 14.9. The van der Waals surface area contributed by atoms with Crippen LogP contribution in [-0.4, -0.2) is 19.5 Å². The Morgan fingerprint density at radius 2 is 0.943 bits per heavy atom. The minimum absolute atomic E-state index is 0.00114. The van der Waals surface area contributed by atoms with Crippen molar-refractivity contribution in [1.29, 1.82) is 0 Å². The van der Waals surface area contributed by atoms with Crippen LogP contribution in [0.4, 0.5) is 0 Å². The summed E-state index contributed by atoms with van der Waals surface area (Å²) in [4.78, 5) is 15.6. The van der Waals surface area contributed by atoms with Crippen molar-refractivity contribution in [3.8, 4) is 28.2 Å². The van der Waals surface area contributed by atoms with Gasteiger partial charge in [0.15, 0.2) is 17.1 Å². The molecule has 7 aromatic carbocycles. The van der Waals surface area contributed by atoms with Gasteiger partial charge in [0.05, 0.1) is 11.0 Å². The topological polar surface area (TPSA) is 43.6 Å². The lowest BCUT2D eigenvalue weighted by Crippen LogP contribution is -2.10. The molecule has 0 spiro atoms. The minimum Gasteiger partial charge on any atom is -0.309 e. The van der Waals surface area contributed by atoms with Crippen LogP contribution < -0.4 is 0 Å². The van der Waals surface area contributed by atoms with Gasteiger partial charge in [0, 0.05) is 38.2 Å². The van der Waals surface area contributed by atoms with Crippen LogP contribution >= 0.6 is 0 Å². The zero-order valence-electron chi connectivity index (χ0n) is 29.9. The molecule has 3 aromatic heterocycles. The monoisotopic (exact) mass is 680 g/mol. The fraction of sp³-hybridized carbons (Fsp3) is 0.0816. The molecule has 53 heavy (non-hydrogen) atoms. The molecule has 0 aliphatic heterocycles. The highest BCUT2D eigenvalue weighted by Gasteiger charge is 2.21. The van der Waals surface area contributed by atoms with Crippen LogP contribution in [-0.2, 0) is 5.41 Å². The van der Waals surface area contributed by atoms with Crippen LogP contribution in [0.15, 0.2) is 164 Å². The minimum atomic E-state index is 0.00114. The van der Waals surface area contributed by atoms with Crippen molar-refractivity contribution in [2.75, 3.05) is 0 Å². The Morgan fingerprint density at radius 3 is 1.60 bits per heavy atom. The number of para-hydroxylation sites is 1. The van der Waals surface area contributed by atoms with Gasteiger partial charge in [-0.1, -0.05) is 148 Å². The predicted octanol–water partition coefficient (Wildman–Crippen LogP) is 12.8. The van der Waals surface area contributed by atoms with Crippen LogP contribution in [0.25, 0.3) is 93.6 Å². The number of rotatable bonds is 3. The maximum Gasteiger partial charge on any atom is 0.164 e. The quantitative estimate of drug-likeness (QED) is 0.187. The van der Waals surface area contributed by atoms with E-state index in [-0.39, 0.29) is 5.41 Å². The molecule has 10 aromatic rings. The average molecular weight is 681 g/mol. The van der Waals surface area contributed by atoms with E-state index in [2.05, 4.69) is 183 Å². The Bertz CT molecular complexity index is 3060. The second kappa shape index (κ2) is 12.0. The summed E-state index contributed by atoms with van der Waals surface area (Å²) in [7, 11) is 0. The summed E-state index contributed by atoms with van der Waals surface area (Å²) in [6.45, 7) is 6.85. The number of hydrogen-bond acceptors (Lipinski definition) is 3. The molecule has 4 heteroatoms. The van der Waals surface area contributed by atoms with Gasteiger partial charge in [0.25, 0.3) is 0 Å². The Hall–Kier alpha value is -6.65. The van der Waals surface area contributed by atoms with Crippen molar-refractivity contribution >= 4 is 65.4 Å². The third-order valence-electron chi connectivity index (χ3n) is 10.6. The Labute approximate surface area is 307 Å². The van der Waals surface area contributed by atoms with Crippen molar-refractivity contribution < 1.29 is 0 Å². The lowest BCUT2D eigenvalue weighted by molar-refractivity contribution is 0.591. The molecule has 0 aliphatic rings.